The second kappa shape index (κ2) is 19.7. The van der Waals surface area contributed by atoms with Gasteiger partial charge in [0, 0.05) is 31.3 Å². The maximum atomic E-state index is 12.8. The predicted octanol–water partition coefficient (Wildman–Crippen LogP) is 9.78. The normalized spacial score (nSPS) is 16.7. The van der Waals surface area contributed by atoms with Crippen LogP contribution >= 0.6 is 0 Å². The van der Waals surface area contributed by atoms with Gasteiger partial charge in [0.1, 0.15) is 17.4 Å². The Balaban J connectivity index is 1.08. The Morgan fingerprint density at radius 3 is 1.80 bits per heavy atom. The van der Waals surface area contributed by atoms with Crippen molar-refractivity contribution in [3.8, 4) is 5.75 Å². The number of nitrogens with zero attached hydrogens (tertiary/aromatic N) is 1. The van der Waals surface area contributed by atoms with Crippen LogP contribution in [-0.4, -0.2) is 50.0 Å². The van der Waals surface area contributed by atoms with Crippen LogP contribution in [0.2, 0.25) is 0 Å². The predicted molar refractivity (Wildman–Crippen MR) is 234 cm³/mol. The average molecular weight is 797 g/mol. The molecular weight excluding hydrogens is 747 g/mol. The fourth-order valence-corrected chi connectivity index (χ4v) is 8.49. The number of amides is 1. The zero-order valence-electron chi connectivity index (χ0n) is 33.7. The van der Waals surface area contributed by atoms with Crippen molar-refractivity contribution in [2.24, 2.45) is 5.92 Å². The summed E-state index contributed by atoms with van der Waals surface area (Å²) in [6, 6.07) is 63.6. The van der Waals surface area contributed by atoms with Crippen LogP contribution in [0.15, 0.2) is 188 Å². The molecular formula is C53H50NO6-. The molecule has 0 saturated carbocycles. The quantitative estimate of drug-likeness (QED) is 0.0675. The molecule has 7 aromatic carbocycles. The molecule has 3 unspecified atom stereocenters. The third kappa shape index (κ3) is 9.61. The molecule has 1 fully saturated rings. The lowest BCUT2D eigenvalue weighted by Gasteiger charge is -2.46. The van der Waals surface area contributed by atoms with Gasteiger partial charge in [-0.3, -0.25) is 0 Å². The second-order valence-corrected chi connectivity index (χ2v) is 15.4. The van der Waals surface area contributed by atoms with Gasteiger partial charge in [-0.15, -0.1) is 0 Å². The van der Waals surface area contributed by atoms with Crippen molar-refractivity contribution >= 4 is 16.9 Å². The monoisotopic (exact) mass is 796 g/mol. The molecule has 7 heteroatoms. The number of hydrogen-bond acceptors (Lipinski definition) is 6. The lowest BCUT2D eigenvalue weighted by atomic mass is 9.77. The summed E-state index contributed by atoms with van der Waals surface area (Å²) in [5.41, 5.74) is 5.12. The Morgan fingerprint density at radius 2 is 1.18 bits per heavy atom. The van der Waals surface area contributed by atoms with Crippen LogP contribution in [0.25, 0.3) is 10.8 Å². The Kier molecular flexibility index (Phi) is 13.3. The zero-order chi connectivity index (χ0) is 41.0. The van der Waals surface area contributed by atoms with E-state index >= 15 is 0 Å². The third-order valence-electron chi connectivity index (χ3n) is 11.4. The minimum Gasteiger partial charge on any atom is -0.530 e. The number of carboxylic acid groups (broad SMARTS) is 1. The number of carbonyl (C=O) groups is 1. The number of fused-ring (bicyclic) bond motifs is 1. The summed E-state index contributed by atoms with van der Waals surface area (Å²) in [7, 11) is 0. The van der Waals surface area contributed by atoms with E-state index in [-0.39, 0.29) is 31.5 Å². The minimum atomic E-state index is -1.23. The summed E-state index contributed by atoms with van der Waals surface area (Å²) >= 11 is 0. The highest BCUT2D eigenvalue weighted by Gasteiger charge is 2.43. The second-order valence-electron chi connectivity index (χ2n) is 15.4. The zero-order valence-corrected chi connectivity index (χ0v) is 33.7. The summed E-state index contributed by atoms with van der Waals surface area (Å²) in [4.78, 5) is 14.1. The number of carbonyl (C=O) groups excluding carboxylic acids is 1. The fraction of sp³-hybridized carbons (Fsp3) is 0.226. The van der Waals surface area contributed by atoms with Crippen molar-refractivity contribution in [3.05, 3.63) is 221 Å². The summed E-state index contributed by atoms with van der Waals surface area (Å²) in [5.74, 6) is 0.232. The molecule has 1 aliphatic rings. The molecule has 7 aromatic rings. The molecule has 0 aliphatic carbocycles. The van der Waals surface area contributed by atoms with Crippen molar-refractivity contribution in [3.63, 3.8) is 0 Å². The van der Waals surface area contributed by atoms with E-state index in [9.17, 15) is 9.90 Å². The number of hydrogen-bond donors (Lipinski definition) is 0. The van der Waals surface area contributed by atoms with E-state index in [1.807, 2.05) is 97.1 Å². The Bertz CT molecular complexity index is 2300. The SMILES string of the molecule is O=C([O-])N1CC(COC(c2ccccc2)(c2ccccc2)c2ccccc2)C(c2ccc(OCCCOCc3ccccc3)cc2)C(OCc2ccc3ccccc3c2)C1. The number of rotatable bonds is 17. The lowest BCUT2D eigenvalue weighted by Crippen LogP contribution is -2.56. The molecule has 0 N–H and O–H groups in total. The van der Waals surface area contributed by atoms with Gasteiger partial charge in [-0.2, -0.15) is 0 Å². The maximum absolute atomic E-state index is 12.8. The number of benzene rings is 7. The van der Waals surface area contributed by atoms with Crippen LogP contribution in [0, 0.1) is 5.92 Å². The third-order valence-corrected chi connectivity index (χ3v) is 11.4. The molecule has 0 radical (unpaired) electrons. The molecule has 304 valence electrons. The van der Waals surface area contributed by atoms with E-state index in [2.05, 4.69) is 91.0 Å². The van der Waals surface area contributed by atoms with Crippen molar-refractivity contribution in [2.45, 2.75) is 37.3 Å². The smallest absolute Gasteiger partial charge is 0.143 e. The number of ether oxygens (including phenoxy) is 4. The van der Waals surface area contributed by atoms with Gasteiger partial charge in [-0.05, 0) is 62.4 Å². The van der Waals surface area contributed by atoms with Crippen LogP contribution in [0.4, 0.5) is 4.79 Å². The lowest BCUT2D eigenvalue weighted by molar-refractivity contribution is -0.270. The largest absolute Gasteiger partial charge is 0.530 e. The minimum absolute atomic E-state index is 0.166. The topological polar surface area (TPSA) is 80.3 Å². The highest BCUT2D eigenvalue weighted by atomic mass is 16.5. The van der Waals surface area contributed by atoms with Crippen LogP contribution in [-0.2, 0) is 33.0 Å². The number of piperidine rings is 1. The molecule has 7 nitrogen and oxygen atoms in total. The summed E-state index contributed by atoms with van der Waals surface area (Å²) in [5, 5.41) is 15.0. The average Bonchev–Trinajstić information content (AvgIpc) is 3.31. The van der Waals surface area contributed by atoms with Crippen molar-refractivity contribution < 1.29 is 28.8 Å². The van der Waals surface area contributed by atoms with Crippen molar-refractivity contribution in [1.29, 1.82) is 0 Å². The summed E-state index contributed by atoms with van der Waals surface area (Å²) < 4.78 is 26.2. The van der Waals surface area contributed by atoms with Gasteiger partial charge in [0.25, 0.3) is 0 Å². The van der Waals surface area contributed by atoms with Gasteiger partial charge in [0.15, 0.2) is 0 Å². The molecule has 0 aromatic heterocycles. The first-order valence-electron chi connectivity index (χ1n) is 20.8. The van der Waals surface area contributed by atoms with E-state index < -0.39 is 17.8 Å². The Labute approximate surface area is 352 Å². The van der Waals surface area contributed by atoms with E-state index in [1.54, 1.807) is 0 Å². The van der Waals surface area contributed by atoms with Gasteiger partial charge < -0.3 is 33.7 Å². The van der Waals surface area contributed by atoms with Crippen LogP contribution < -0.4 is 9.84 Å². The molecule has 3 atom stereocenters. The molecule has 0 spiro atoms. The van der Waals surface area contributed by atoms with E-state index in [1.165, 1.54) is 4.90 Å². The van der Waals surface area contributed by atoms with Gasteiger partial charge in [-0.25, -0.2) is 0 Å². The molecule has 1 aliphatic heterocycles. The molecule has 1 amide bonds. The maximum Gasteiger partial charge on any atom is 0.143 e. The van der Waals surface area contributed by atoms with E-state index in [4.69, 9.17) is 18.9 Å². The molecule has 0 bridgehead atoms. The highest BCUT2D eigenvalue weighted by molar-refractivity contribution is 5.83. The number of likely N-dealkylation sites (tertiary alicyclic amines) is 1. The summed E-state index contributed by atoms with van der Waals surface area (Å²) in [6.07, 6.45) is -0.966. The molecule has 1 heterocycles. The van der Waals surface area contributed by atoms with E-state index in [0.29, 0.717) is 26.4 Å². The highest BCUT2D eigenvalue weighted by Crippen LogP contribution is 2.43. The van der Waals surface area contributed by atoms with Gasteiger partial charge >= 0.3 is 0 Å². The first-order valence-corrected chi connectivity index (χ1v) is 20.8. The standard InChI is InChI=1S/C53H51NO6/c55-52(56)54-35-45(39-60-53(46-20-7-2-8-21-46,47-22-9-3-10-23-47)48-24-11-4-12-25-48)51(50(36-54)59-38-41-26-27-42-18-13-14-19-44(42)34-41)43-28-30-49(31-29-43)58-33-15-32-57-37-40-16-5-1-6-17-40/h1-14,16-31,34,45,50-51H,15,32-33,35-39H2,(H,55,56)/p-1. The first kappa shape index (κ1) is 40.5. The van der Waals surface area contributed by atoms with Crippen LogP contribution in [0.5, 0.6) is 5.75 Å². The van der Waals surface area contributed by atoms with Gasteiger partial charge in [0.05, 0.1) is 39.1 Å². The van der Waals surface area contributed by atoms with Crippen LogP contribution in [0.1, 0.15) is 45.7 Å². The molecule has 8 rings (SSSR count). The molecule has 1 saturated heterocycles. The fourth-order valence-electron chi connectivity index (χ4n) is 8.49. The Hall–Kier alpha value is -6.25. The van der Waals surface area contributed by atoms with E-state index in [0.717, 1.165) is 56.3 Å². The van der Waals surface area contributed by atoms with Gasteiger partial charge in [0.2, 0.25) is 0 Å². The van der Waals surface area contributed by atoms with Crippen LogP contribution in [0.3, 0.4) is 0 Å². The molecule has 60 heavy (non-hydrogen) atoms. The van der Waals surface area contributed by atoms with Gasteiger partial charge in [-0.1, -0.05) is 170 Å². The first-order chi connectivity index (χ1) is 29.6. The van der Waals surface area contributed by atoms with Crippen molar-refractivity contribution in [1.82, 2.24) is 4.90 Å². The van der Waals surface area contributed by atoms with Crippen molar-refractivity contribution in [2.75, 3.05) is 32.9 Å². The summed E-state index contributed by atoms with van der Waals surface area (Å²) in [6.45, 7) is 2.62. The Morgan fingerprint density at radius 1 is 0.600 bits per heavy atom.